The molecule has 0 bridgehead atoms. The Morgan fingerprint density at radius 3 is 2.10 bits per heavy atom. The molecule has 0 aliphatic carbocycles. The van der Waals surface area contributed by atoms with E-state index in [1.807, 2.05) is 0 Å². The Balaban J connectivity index is 2.13. The molecule has 0 heterocycles. The normalized spacial score (nSPS) is 13.8. The number of benzene rings is 2. The number of hydrogen-bond donors (Lipinski definition) is 1. The van der Waals surface area contributed by atoms with Gasteiger partial charge >= 0.3 is 0 Å². The average Bonchev–Trinajstić information content (AvgIpc) is 2.47. The molecule has 2 aromatic rings. The lowest BCUT2D eigenvalue weighted by atomic mass is 10.0. The molecule has 2 heteroatoms. The van der Waals surface area contributed by atoms with E-state index in [4.69, 9.17) is 4.74 Å². The second-order valence-electron chi connectivity index (χ2n) is 5.77. The summed E-state index contributed by atoms with van der Waals surface area (Å²) in [5.41, 5.74) is 5.01. The van der Waals surface area contributed by atoms with Gasteiger partial charge in [0.05, 0.1) is 7.11 Å². The van der Waals surface area contributed by atoms with Crippen LogP contribution in [-0.2, 0) is 0 Å². The van der Waals surface area contributed by atoms with Crippen LogP contribution >= 0.6 is 0 Å². The summed E-state index contributed by atoms with van der Waals surface area (Å²) in [4.78, 5) is 0. The van der Waals surface area contributed by atoms with Gasteiger partial charge in [0.1, 0.15) is 5.75 Å². The molecule has 1 unspecified atom stereocenters. The Morgan fingerprint density at radius 2 is 1.48 bits per heavy atom. The highest BCUT2D eigenvalue weighted by molar-refractivity contribution is 5.39. The van der Waals surface area contributed by atoms with Gasteiger partial charge in [0.2, 0.25) is 0 Å². The second-order valence-corrected chi connectivity index (χ2v) is 5.77. The van der Waals surface area contributed by atoms with E-state index in [9.17, 15) is 0 Å². The summed E-state index contributed by atoms with van der Waals surface area (Å²) in [7, 11) is 1.73. The van der Waals surface area contributed by atoms with Crippen LogP contribution in [0.3, 0.4) is 0 Å². The number of methoxy groups -OCH3 is 1. The standard InChI is InChI=1S/C19H25NO/c1-13-6-9-17(10-7-13)15(3)20-16(4)18-11-8-14(2)12-19(18)21-5/h6-12,15-16,20H,1-5H3/t15-,16?/m0/s1. The van der Waals surface area contributed by atoms with Gasteiger partial charge in [-0.15, -0.1) is 0 Å². The summed E-state index contributed by atoms with van der Waals surface area (Å²) in [6, 6.07) is 15.6. The zero-order valence-corrected chi connectivity index (χ0v) is 13.6. The third-order valence-electron chi connectivity index (χ3n) is 3.93. The summed E-state index contributed by atoms with van der Waals surface area (Å²) in [5.74, 6) is 0.950. The van der Waals surface area contributed by atoms with E-state index in [0.717, 1.165) is 5.75 Å². The lowest BCUT2D eigenvalue weighted by Gasteiger charge is -2.22. The number of rotatable bonds is 5. The number of aryl methyl sites for hydroxylation is 2. The summed E-state index contributed by atoms with van der Waals surface area (Å²) in [6.07, 6.45) is 0. The first-order valence-electron chi connectivity index (χ1n) is 7.48. The lowest BCUT2D eigenvalue weighted by molar-refractivity contribution is 0.396. The fraction of sp³-hybridized carbons (Fsp3) is 0.368. The van der Waals surface area contributed by atoms with E-state index in [0.29, 0.717) is 6.04 Å². The third kappa shape index (κ3) is 3.85. The maximum Gasteiger partial charge on any atom is 0.123 e. The minimum atomic E-state index is 0.233. The van der Waals surface area contributed by atoms with Gasteiger partial charge in [-0.1, -0.05) is 42.0 Å². The van der Waals surface area contributed by atoms with Gasteiger partial charge < -0.3 is 10.1 Å². The van der Waals surface area contributed by atoms with Crippen LogP contribution in [-0.4, -0.2) is 7.11 Å². The van der Waals surface area contributed by atoms with Gasteiger partial charge in [-0.25, -0.2) is 0 Å². The van der Waals surface area contributed by atoms with Crippen molar-refractivity contribution in [2.45, 2.75) is 39.8 Å². The highest BCUT2D eigenvalue weighted by Crippen LogP contribution is 2.28. The zero-order chi connectivity index (χ0) is 15.4. The Kier molecular flexibility index (Phi) is 5.03. The molecule has 0 saturated carbocycles. The van der Waals surface area contributed by atoms with Gasteiger partial charge in [0, 0.05) is 17.6 Å². The van der Waals surface area contributed by atoms with E-state index in [-0.39, 0.29) is 6.04 Å². The van der Waals surface area contributed by atoms with Crippen molar-refractivity contribution in [1.82, 2.24) is 5.32 Å². The van der Waals surface area contributed by atoms with Crippen molar-refractivity contribution >= 4 is 0 Å². The summed E-state index contributed by atoms with van der Waals surface area (Å²) in [5, 5.41) is 3.65. The van der Waals surface area contributed by atoms with E-state index < -0.39 is 0 Å². The molecule has 2 atom stereocenters. The zero-order valence-electron chi connectivity index (χ0n) is 13.6. The van der Waals surface area contributed by atoms with Crippen molar-refractivity contribution in [2.75, 3.05) is 7.11 Å². The van der Waals surface area contributed by atoms with Crippen LogP contribution in [0.5, 0.6) is 5.75 Å². The lowest BCUT2D eigenvalue weighted by Crippen LogP contribution is -2.23. The first-order valence-corrected chi connectivity index (χ1v) is 7.48. The number of nitrogens with one attached hydrogen (secondary N) is 1. The molecule has 112 valence electrons. The molecule has 2 rings (SSSR count). The molecule has 0 aliphatic rings. The molecular formula is C19H25NO. The fourth-order valence-corrected chi connectivity index (χ4v) is 2.59. The topological polar surface area (TPSA) is 21.3 Å². The fourth-order valence-electron chi connectivity index (χ4n) is 2.59. The van der Waals surface area contributed by atoms with Gasteiger partial charge in [0.25, 0.3) is 0 Å². The van der Waals surface area contributed by atoms with Crippen molar-refractivity contribution < 1.29 is 4.74 Å². The van der Waals surface area contributed by atoms with Gasteiger partial charge in [-0.3, -0.25) is 0 Å². The van der Waals surface area contributed by atoms with Crippen LogP contribution in [0.1, 0.15) is 48.2 Å². The minimum Gasteiger partial charge on any atom is -0.496 e. The molecule has 2 aromatic carbocycles. The Labute approximate surface area is 128 Å². The molecule has 0 radical (unpaired) electrons. The van der Waals surface area contributed by atoms with Gasteiger partial charge in [0.15, 0.2) is 0 Å². The summed E-state index contributed by atoms with van der Waals surface area (Å²) in [6.45, 7) is 8.57. The molecule has 0 saturated heterocycles. The third-order valence-corrected chi connectivity index (χ3v) is 3.93. The largest absolute Gasteiger partial charge is 0.496 e. The SMILES string of the molecule is COc1cc(C)ccc1C(C)N[C@@H](C)c1ccc(C)cc1. The highest BCUT2D eigenvalue weighted by atomic mass is 16.5. The Hall–Kier alpha value is -1.80. The predicted molar refractivity (Wildman–Crippen MR) is 88.9 cm³/mol. The maximum atomic E-state index is 5.51. The van der Waals surface area contributed by atoms with Crippen LogP contribution in [0.25, 0.3) is 0 Å². The van der Waals surface area contributed by atoms with Crippen molar-refractivity contribution in [3.05, 3.63) is 64.7 Å². The summed E-state index contributed by atoms with van der Waals surface area (Å²) < 4.78 is 5.51. The van der Waals surface area contributed by atoms with Crippen molar-refractivity contribution in [3.8, 4) is 5.75 Å². The van der Waals surface area contributed by atoms with Gasteiger partial charge in [-0.2, -0.15) is 0 Å². The van der Waals surface area contributed by atoms with Crippen LogP contribution in [0.4, 0.5) is 0 Å². The first kappa shape index (κ1) is 15.6. The van der Waals surface area contributed by atoms with Crippen molar-refractivity contribution in [3.63, 3.8) is 0 Å². The van der Waals surface area contributed by atoms with E-state index in [1.165, 1.54) is 22.3 Å². The van der Waals surface area contributed by atoms with Crippen molar-refractivity contribution in [2.24, 2.45) is 0 Å². The van der Waals surface area contributed by atoms with Crippen LogP contribution in [0.2, 0.25) is 0 Å². The quantitative estimate of drug-likeness (QED) is 0.857. The molecule has 0 aromatic heterocycles. The molecule has 0 aliphatic heterocycles. The monoisotopic (exact) mass is 283 g/mol. The highest BCUT2D eigenvalue weighted by Gasteiger charge is 2.14. The second kappa shape index (κ2) is 6.77. The predicted octanol–water partition coefficient (Wildman–Crippen LogP) is 4.72. The smallest absolute Gasteiger partial charge is 0.123 e. The molecule has 21 heavy (non-hydrogen) atoms. The first-order chi connectivity index (χ1) is 10.0. The number of ether oxygens (including phenoxy) is 1. The van der Waals surface area contributed by atoms with Crippen LogP contribution in [0.15, 0.2) is 42.5 Å². The molecule has 2 nitrogen and oxygen atoms in total. The minimum absolute atomic E-state index is 0.233. The Morgan fingerprint density at radius 1 is 0.857 bits per heavy atom. The Bertz CT molecular complexity index is 589. The average molecular weight is 283 g/mol. The van der Waals surface area contributed by atoms with Crippen molar-refractivity contribution in [1.29, 1.82) is 0 Å². The maximum absolute atomic E-state index is 5.51. The molecule has 0 spiro atoms. The molecule has 1 N–H and O–H groups in total. The molecule has 0 fully saturated rings. The van der Waals surface area contributed by atoms with Crippen LogP contribution in [0, 0.1) is 13.8 Å². The van der Waals surface area contributed by atoms with Gasteiger partial charge in [-0.05, 0) is 44.9 Å². The van der Waals surface area contributed by atoms with E-state index in [2.05, 4.69) is 75.5 Å². The molecule has 0 amide bonds. The van der Waals surface area contributed by atoms with E-state index >= 15 is 0 Å². The van der Waals surface area contributed by atoms with E-state index in [1.54, 1.807) is 7.11 Å². The summed E-state index contributed by atoms with van der Waals surface area (Å²) >= 11 is 0. The number of hydrogen-bond acceptors (Lipinski definition) is 2. The van der Waals surface area contributed by atoms with Crippen LogP contribution < -0.4 is 10.1 Å². The molecular weight excluding hydrogens is 258 g/mol.